The molecule has 1 heterocycles. The molecule has 2 rings (SSSR count). The quantitative estimate of drug-likeness (QED) is 0.348. The summed E-state index contributed by atoms with van der Waals surface area (Å²) in [7, 11) is 0. The molecule has 1 atom stereocenters. The predicted octanol–water partition coefficient (Wildman–Crippen LogP) is 2.78. The minimum atomic E-state index is -1.19. The lowest BCUT2D eigenvalue weighted by atomic mass is 10.0. The van der Waals surface area contributed by atoms with Gasteiger partial charge in [-0.1, -0.05) is 37.2 Å². The van der Waals surface area contributed by atoms with Crippen LogP contribution in [0, 0.1) is 17.2 Å². The monoisotopic (exact) mass is 384 g/mol. The Hall–Kier alpha value is -3.34. The fraction of sp³-hybridized carbons (Fsp3) is 0.400. The summed E-state index contributed by atoms with van der Waals surface area (Å²) in [4.78, 5) is 29.1. The summed E-state index contributed by atoms with van der Waals surface area (Å²) in [6.07, 6.45) is 1.97. The van der Waals surface area contributed by atoms with Gasteiger partial charge in [-0.25, -0.2) is 4.79 Å². The van der Waals surface area contributed by atoms with Crippen LogP contribution in [0.3, 0.4) is 0 Å². The number of hydrogen-bond donors (Lipinski definition) is 3. The molecule has 1 unspecified atom stereocenters. The van der Waals surface area contributed by atoms with Gasteiger partial charge in [-0.2, -0.15) is 5.26 Å². The predicted molar refractivity (Wildman–Crippen MR) is 104 cm³/mol. The van der Waals surface area contributed by atoms with Crippen LogP contribution in [0.15, 0.2) is 35.6 Å². The van der Waals surface area contributed by atoms with Crippen LogP contribution in [0.5, 0.6) is 0 Å². The number of H-pyrrole nitrogens is 1. The van der Waals surface area contributed by atoms with Gasteiger partial charge in [0.05, 0.1) is 12.5 Å². The fourth-order valence-corrected chi connectivity index (χ4v) is 3.13. The van der Waals surface area contributed by atoms with E-state index in [1.165, 1.54) is 0 Å². The number of carbonyl (C=O) groups is 2. The lowest BCUT2D eigenvalue weighted by Crippen LogP contribution is -2.49. The zero-order valence-electron chi connectivity index (χ0n) is 15.9. The molecule has 1 aromatic carbocycles. The van der Waals surface area contributed by atoms with Crippen molar-refractivity contribution >= 4 is 28.5 Å². The second-order valence-electron chi connectivity index (χ2n) is 6.97. The molecule has 8 heteroatoms. The molecule has 0 saturated heterocycles. The first kappa shape index (κ1) is 21.0. The SMILES string of the molecule is CC(C)CC(=NO)C(=O)N(CCC#N)C(Cc1c[nH]c2ccccc12)C(=O)O. The van der Waals surface area contributed by atoms with Gasteiger partial charge in [-0.3, -0.25) is 4.79 Å². The number of aliphatic carboxylic acids is 1. The first-order chi connectivity index (χ1) is 13.4. The molecule has 0 aliphatic carbocycles. The van der Waals surface area contributed by atoms with Crippen molar-refractivity contribution in [2.45, 2.75) is 39.2 Å². The highest BCUT2D eigenvalue weighted by molar-refractivity contribution is 6.39. The van der Waals surface area contributed by atoms with Gasteiger partial charge in [0.1, 0.15) is 11.8 Å². The lowest BCUT2D eigenvalue weighted by Gasteiger charge is -2.28. The first-order valence-electron chi connectivity index (χ1n) is 9.05. The number of benzene rings is 1. The molecular weight excluding hydrogens is 360 g/mol. The van der Waals surface area contributed by atoms with Crippen LogP contribution in [0.25, 0.3) is 10.9 Å². The molecule has 0 spiro atoms. The average molecular weight is 384 g/mol. The van der Waals surface area contributed by atoms with E-state index in [1.807, 2.05) is 44.2 Å². The van der Waals surface area contributed by atoms with Crippen molar-refractivity contribution in [2.24, 2.45) is 11.1 Å². The van der Waals surface area contributed by atoms with E-state index in [9.17, 15) is 19.9 Å². The minimum Gasteiger partial charge on any atom is -0.480 e. The number of oxime groups is 1. The van der Waals surface area contributed by atoms with Gasteiger partial charge in [-0.15, -0.1) is 0 Å². The van der Waals surface area contributed by atoms with E-state index in [-0.39, 0.29) is 37.4 Å². The van der Waals surface area contributed by atoms with E-state index in [2.05, 4.69) is 10.1 Å². The number of hydrogen-bond acceptors (Lipinski definition) is 5. The zero-order chi connectivity index (χ0) is 20.7. The van der Waals surface area contributed by atoms with Gasteiger partial charge in [0, 0.05) is 36.5 Å². The van der Waals surface area contributed by atoms with E-state index < -0.39 is 17.9 Å². The zero-order valence-corrected chi connectivity index (χ0v) is 15.9. The van der Waals surface area contributed by atoms with E-state index in [0.717, 1.165) is 21.4 Å². The number of carboxylic acids is 1. The normalized spacial score (nSPS) is 12.7. The largest absolute Gasteiger partial charge is 0.480 e. The van der Waals surface area contributed by atoms with Crippen LogP contribution in [0.2, 0.25) is 0 Å². The molecule has 0 aliphatic heterocycles. The Bertz CT molecular complexity index is 910. The number of nitriles is 1. The molecule has 28 heavy (non-hydrogen) atoms. The van der Waals surface area contributed by atoms with Crippen LogP contribution in [0.1, 0.15) is 32.3 Å². The van der Waals surface area contributed by atoms with Gasteiger partial charge in [0.15, 0.2) is 0 Å². The van der Waals surface area contributed by atoms with Crippen molar-refractivity contribution in [1.82, 2.24) is 9.88 Å². The van der Waals surface area contributed by atoms with Crippen molar-refractivity contribution in [3.05, 3.63) is 36.0 Å². The molecule has 0 radical (unpaired) electrons. The second kappa shape index (κ2) is 9.55. The fourth-order valence-electron chi connectivity index (χ4n) is 3.13. The standard InChI is InChI=1S/C20H24N4O4/c1-13(2)10-17(23-28)19(25)24(9-5-8-21)18(20(26)27)11-14-12-22-16-7-4-3-6-15(14)16/h3-4,6-7,12-13,18,22,28H,5,9-11H2,1-2H3,(H,26,27). The summed E-state index contributed by atoms with van der Waals surface area (Å²) in [6.45, 7) is 3.66. The van der Waals surface area contributed by atoms with Gasteiger partial charge in [-0.05, 0) is 17.5 Å². The molecule has 0 fully saturated rings. The highest BCUT2D eigenvalue weighted by atomic mass is 16.4. The Morgan fingerprint density at radius 1 is 1.32 bits per heavy atom. The Labute approximate surface area is 163 Å². The molecule has 8 nitrogen and oxygen atoms in total. The summed E-state index contributed by atoms with van der Waals surface area (Å²) >= 11 is 0. The van der Waals surface area contributed by atoms with Crippen LogP contribution >= 0.6 is 0 Å². The molecule has 2 aromatic rings. The maximum atomic E-state index is 12.9. The third-order valence-electron chi connectivity index (χ3n) is 4.44. The average Bonchev–Trinajstić information content (AvgIpc) is 3.07. The molecule has 148 valence electrons. The lowest BCUT2D eigenvalue weighted by molar-refractivity contribution is -0.147. The molecule has 1 amide bonds. The highest BCUT2D eigenvalue weighted by Crippen LogP contribution is 2.21. The third-order valence-corrected chi connectivity index (χ3v) is 4.44. The number of rotatable bonds is 9. The number of aromatic nitrogens is 1. The van der Waals surface area contributed by atoms with E-state index in [1.54, 1.807) is 6.20 Å². The van der Waals surface area contributed by atoms with Crippen LogP contribution < -0.4 is 0 Å². The summed E-state index contributed by atoms with van der Waals surface area (Å²) in [5.41, 5.74) is 1.51. The van der Waals surface area contributed by atoms with E-state index in [4.69, 9.17) is 5.26 Å². The van der Waals surface area contributed by atoms with Crippen LogP contribution in [0.4, 0.5) is 0 Å². The smallest absolute Gasteiger partial charge is 0.326 e. The molecular formula is C20H24N4O4. The number of fused-ring (bicyclic) bond motifs is 1. The Balaban J connectivity index is 2.37. The third kappa shape index (κ3) is 4.88. The number of nitrogens with one attached hydrogen (secondary N) is 1. The number of nitrogens with zero attached hydrogens (tertiary/aromatic N) is 3. The summed E-state index contributed by atoms with van der Waals surface area (Å²) < 4.78 is 0. The molecule has 0 bridgehead atoms. The Morgan fingerprint density at radius 2 is 2.04 bits per heavy atom. The topological polar surface area (TPSA) is 130 Å². The van der Waals surface area contributed by atoms with Crippen molar-refractivity contribution in [2.75, 3.05) is 6.54 Å². The molecule has 0 aliphatic rings. The van der Waals surface area contributed by atoms with Crippen molar-refractivity contribution in [1.29, 1.82) is 5.26 Å². The molecule has 3 N–H and O–H groups in total. The maximum Gasteiger partial charge on any atom is 0.326 e. The van der Waals surface area contributed by atoms with E-state index in [0.29, 0.717) is 0 Å². The maximum absolute atomic E-state index is 12.9. The summed E-state index contributed by atoms with van der Waals surface area (Å²) in [6, 6.07) is 8.23. The Morgan fingerprint density at radius 3 is 2.64 bits per heavy atom. The first-order valence-corrected chi connectivity index (χ1v) is 9.05. The Kier molecular flexibility index (Phi) is 7.15. The van der Waals surface area contributed by atoms with Crippen molar-refractivity contribution in [3.8, 4) is 6.07 Å². The van der Waals surface area contributed by atoms with Crippen molar-refractivity contribution < 1.29 is 19.9 Å². The number of aromatic amines is 1. The summed E-state index contributed by atoms with van der Waals surface area (Å²) in [5, 5.41) is 32.0. The number of carboxylic acid groups (broad SMARTS) is 1. The number of para-hydroxylation sites is 1. The van der Waals surface area contributed by atoms with Gasteiger partial charge in [0.2, 0.25) is 0 Å². The second-order valence-corrected chi connectivity index (χ2v) is 6.97. The summed E-state index contributed by atoms with van der Waals surface area (Å²) in [5.74, 6) is -1.80. The van der Waals surface area contributed by atoms with Gasteiger partial charge >= 0.3 is 5.97 Å². The van der Waals surface area contributed by atoms with Crippen molar-refractivity contribution in [3.63, 3.8) is 0 Å². The van der Waals surface area contributed by atoms with Crippen LogP contribution in [-0.2, 0) is 16.0 Å². The minimum absolute atomic E-state index is 0.0240. The van der Waals surface area contributed by atoms with Crippen LogP contribution in [-0.4, -0.2) is 50.4 Å². The van der Waals surface area contributed by atoms with Gasteiger partial charge in [0.25, 0.3) is 5.91 Å². The van der Waals surface area contributed by atoms with E-state index >= 15 is 0 Å². The number of amides is 1. The van der Waals surface area contributed by atoms with Gasteiger partial charge < -0.3 is 20.2 Å². The molecule has 0 saturated carbocycles. The molecule has 1 aromatic heterocycles. The highest BCUT2D eigenvalue weighted by Gasteiger charge is 2.33. The number of carbonyl (C=O) groups excluding carboxylic acids is 1.